The van der Waals surface area contributed by atoms with Crippen molar-refractivity contribution in [1.29, 1.82) is 0 Å². The maximum Gasteiger partial charge on any atom is 0.316 e. The number of rotatable bonds is 6. The van der Waals surface area contributed by atoms with Crippen LogP contribution in [0.2, 0.25) is 0 Å². The molecular weight excluding hydrogens is 480 g/mol. The van der Waals surface area contributed by atoms with E-state index in [2.05, 4.69) is 20.8 Å². The van der Waals surface area contributed by atoms with Crippen LogP contribution in [0.5, 0.6) is 5.75 Å². The second kappa shape index (κ2) is 10.4. The van der Waals surface area contributed by atoms with E-state index in [0.29, 0.717) is 22.9 Å². The number of hydrogen-bond donors (Lipinski definition) is 0. The van der Waals surface area contributed by atoms with Gasteiger partial charge in [-0.1, -0.05) is 39.0 Å². The second-order valence-corrected chi connectivity index (χ2v) is 11.0. The molecule has 2 aromatic rings. The lowest BCUT2D eigenvalue weighted by molar-refractivity contribution is -0.139. The van der Waals surface area contributed by atoms with Gasteiger partial charge in [0.2, 0.25) is 17.7 Å². The Morgan fingerprint density at radius 3 is 2.32 bits per heavy atom. The molecule has 3 aliphatic rings. The lowest BCUT2D eigenvalue weighted by Gasteiger charge is -2.25. The first kappa shape index (κ1) is 26.1. The maximum atomic E-state index is 13.1. The van der Waals surface area contributed by atoms with Crippen LogP contribution in [0.1, 0.15) is 63.1 Å². The van der Waals surface area contributed by atoms with E-state index in [0.717, 1.165) is 48.9 Å². The number of ether oxygens (including phenoxy) is 1. The molecule has 2 saturated heterocycles. The average molecular weight is 517 g/mol. The van der Waals surface area contributed by atoms with Crippen molar-refractivity contribution in [3.8, 4) is 5.75 Å². The average Bonchev–Trinajstić information content (AvgIpc) is 3.40. The zero-order chi connectivity index (χ0) is 27.1. The predicted octanol–water partition coefficient (Wildman–Crippen LogP) is 5.00. The first-order valence-corrected chi connectivity index (χ1v) is 13.8. The SMILES string of the molecule is CCc1cccc(CC)c1N1C[C@H](C(=O)Oc2ccc(N3C(=O)[C@@H]4CC[C@@H](C)C[C@H]4C3=O)c(C)c2)CC1=O. The Balaban J connectivity index is 1.30. The number of carbonyl (C=O) groups excluding carboxylic acids is 4. The molecule has 2 aromatic carbocycles. The van der Waals surface area contributed by atoms with Gasteiger partial charge in [-0.25, -0.2) is 4.90 Å². The Morgan fingerprint density at radius 1 is 0.974 bits per heavy atom. The standard InChI is InChI=1S/C31H36N2O5/c1-5-20-8-7-9-21(6-2)28(20)32-17-22(16-27(32)34)31(37)38-23-11-13-26(19(4)15-23)33-29(35)24-12-10-18(3)14-25(24)30(33)36/h7-9,11,13,15,18,22,24-25H,5-6,10,12,14,16-17H2,1-4H3/t18-,22-,24-,25-/m1/s1. The number of para-hydroxylation sites is 1. The summed E-state index contributed by atoms with van der Waals surface area (Å²) >= 11 is 0. The van der Waals surface area contributed by atoms with Crippen molar-refractivity contribution in [1.82, 2.24) is 0 Å². The van der Waals surface area contributed by atoms with Crippen LogP contribution in [0.15, 0.2) is 36.4 Å². The molecule has 0 unspecified atom stereocenters. The molecule has 0 aromatic heterocycles. The van der Waals surface area contributed by atoms with Gasteiger partial charge < -0.3 is 9.64 Å². The highest BCUT2D eigenvalue weighted by molar-refractivity contribution is 6.22. The van der Waals surface area contributed by atoms with Gasteiger partial charge in [0.05, 0.1) is 23.4 Å². The van der Waals surface area contributed by atoms with Crippen LogP contribution in [0.3, 0.4) is 0 Å². The smallest absolute Gasteiger partial charge is 0.316 e. The summed E-state index contributed by atoms with van der Waals surface area (Å²) in [6.45, 7) is 8.36. The minimum atomic E-state index is -0.566. The van der Waals surface area contributed by atoms with E-state index in [1.807, 2.05) is 25.1 Å². The number of anilines is 2. The molecule has 7 heteroatoms. The van der Waals surface area contributed by atoms with Crippen LogP contribution in [-0.2, 0) is 32.0 Å². The first-order chi connectivity index (χ1) is 18.2. The number of fused-ring (bicyclic) bond motifs is 1. The third kappa shape index (κ3) is 4.52. The Labute approximate surface area is 224 Å². The van der Waals surface area contributed by atoms with Crippen LogP contribution in [0.25, 0.3) is 0 Å². The Hall–Kier alpha value is -3.48. The highest BCUT2D eigenvalue weighted by Gasteiger charge is 2.50. The number of amides is 3. The summed E-state index contributed by atoms with van der Waals surface area (Å²) in [5.74, 6) is -1.02. The lowest BCUT2D eigenvalue weighted by Crippen LogP contribution is -2.31. The fourth-order valence-electron chi connectivity index (χ4n) is 6.41. The molecule has 0 bridgehead atoms. The molecular formula is C31H36N2O5. The number of benzene rings is 2. The van der Waals surface area contributed by atoms with E-state index < -0.39 is 11.9 Å². The van der Waals surface area contributed by atoms with E-state index in [9.17, 15) is 19.2 Å². The van der Waals surface area contributed by atoms with E-state index in [1.165, 1.54) is 4.90 Å². The quantitative estimate of drug-likeness (QED) is 0.306. The molecule has 1 saturated carbocycles. The number of carbonyl (C=O) groups is 4. The van der Waals surface area contributed by atoms with E-state index >= 15 is 0 Å². The minimum absolute atomic E-state index is 0.0732. The van der Waals surface area contributed by atoms with Gasteiger partial charge >= 0.3 is 5.97 Å². The molecule has 2 heterocycles. The molecule has 4 atom stereocenters. The Kier molecular flexibility index (Phi) is 7.12. The van der Waals surface area contributed by atoms with Gasteiger partial charge in [-0.2, -0.15) is 0 Å². The number of aryl methyl sites for hydroxylation is 3. The van der Waals surface area contributed by atoms with E-state index in [-0.39, 0.29) is 42.5 Å². The fourth-order valence-corrected chi connectivity index (χ4v) is 6.41. The first-order valence-electron chi connectivity index (χ1n) is 13.8. The van der Waals surface area contributed by atoms with Crippen LogP contribution < -0.4 is 14.5 Å². The summed E-state index contributed by atoms with van der Waals surface area (Å²) < 4.78 is 5.70. The summed E-state index contributed by atoms with van der Waals surface area (Å²) in [4.78, 5) is 55.4. The molecule has 0 radical (unpaired) electrons. The molecule has 0 spiro atoms. The normalized spacial score (nSPS) is 25.2. The van der Waals surface area contributed by atoms with Crippen molar-refractivity contribution < 1.29 is 23.9 Å². The monoisotopic (exact) mass is 516 g/mol. The molecule has 1 aliphatic carbocycles. The molecule has 7 nitrogen and oxygen atoms in total. The van der Waals surface area contributed by atoms with Gasteiger partial charge in [0.1, 0.15) is 5.75 Å². The topological polar surface area (TPSA) is 84.0 Å². The molecule has 3 amide bonds. The highest BCUT2D eigenvalue weighted by atomic mass is 16.5. The van der Waals surface area contributed by atoms with Gasteiger partial charge in [0.15, 0.2) is 0 Å². The molecule has 5 rings (SSSR count). The summed E-state index contributed by atoms with van der Waals surface area (Å²) in [5, 5.41) is 0. The largest absolute Gasteiger partial charge is 0.426 e. The number of imide groups is 1. The van der Waals surface area contributed by atoms with Crippen molar-refractivity contribution in [2.45, 2.75) is 66.2 Å². The Bertz CT molecular complexity index is 1280. The van der Waals surface area contributed by atoms with Gasteiger partial charge in [0, 0.05) is 18.7 Å². The number of hydrogen-bond acceptors (Lipinski definition) is 5. The zero-order valence-corrected chi connectivity index (χ0v) is 22.7. The molecule has 0 N–H and O–H groups in total. The van der Waals surface area contributed by atoms with Crippen LogP contribution in [0.4, 0.5) is 11.4 Å². The molecule has 38 heavy (non-hydrogen) atoms. The Morgan fingerprint density at radius 2 is 1.66 bits per heavy atom. The molecule has 2 aliphatic heterocycles. The van der Waals surface area contributed by atoms with Crippen molar-refractivity contribution in [3.05, 3.63) is 53.1 Å². The summed E-state index contributed by atoms with van der Waals surface area (Å²) in [5.41, 5.74) is 4.36. The van der Waals surface area contributed by atoms with E-state index in [1.54, 1.807) is 23.1 Å². The van der Waals surface area contributed by atoms with Gasteiger partial charge in [0.25, 0.3) is 0 Å². The van der Waals surface area contributed by atoms with Crippen molar-refractivity contribution in [3.63, 3.8) is 0 Å². The second-order valence-electron chi connectivity index (χ2n) is 11.0. The summed E-state index contributed by atoms with van der Waals surface area (Å²) in [6.07, 6.45) is 4.18. The van der Waals surface area contributed by atoms with Crippen LogP contribution in [-0.4, -0.2) is 30.2 Å². The highest BCUT2D eigenvalue weighted by Crippen LogP contribution is 2.43. The van der Waals surface area contributed by atoms with Crippen molar-refractivity contribution in [2.75, 3.05) is 16.3 Å². The lowest BCUT2D eigenvalue weighted by atomic mass is 9.76. The molecule has 3 fully saturated rings. The van der Waals surface area contributed by atoms with E-state index in [4.69, 9.17) is 4.74 Å². The van der Waals surface area contributed by atoms with Crippen LogP contribution >= 0.6 is 0 Å². The van der Waals surface area contributed by atoms with Gasteiger partial charge in [-0.05, 0) is 79.8 Å². The van der Waals surface area contributed by atoms with Gasteiger partial charge in [-0.3, -0.25) is 19.2 Å². The van der Waals surface area contributed by atoms with Gasteiger partial charge in [-0.15, -0.1) is 0 Å². The predicted molar refractivity (Wildman–Crippen MR) is 145 cm³/mol. The summed E-state index contributed by atoms with van der Waals surface area (Å²) in [6, 6.07) is 11.1. The third-order valence-electron chi connectivity index (χ3n) is 8.51. The fraction of sp³-hybridized carbons (Fsp3) is 0.484. The zero-order valence-electron chi connectivity index (χ0n) is 22.7. The third-order valence-corrected chi connectivity index (χ3v) is 8.51. The minimum Gasteiger partial charge on any atom is -0.426 e. The maximum absolute atomic E-state index is 13.1. The van der Waals surface area contributed by atoms with Crippen LogP contribution in [0, 0.1) is 30.6 Å². The van der Waals surface area contributed by atoms with Crippen molar-refractivity contribution >= 4 is 35.1 Å². The molecule has 200 valence electrons. The summed E-state index contributed by atoms with van der Waals surface area (Å²) in [7, 11) is 0. The van der Waals surface area contributed by atoms with Crippen molar-refractivity contribution in [2.24, 2.45) is 23.7 Å². The number of nitrogens with zero attached hydrogens (tertiary/aromatic N) is 2. The number of esters is 1.